The van der Waals surface area contributed by atoms with Crippen molar-refractivity contribution in [3.05, 3.63) is 58.6 Å². The van der Waals surface area contributed by atoms with E-state index >= 15 is 0 Å². The molecule has 146 valence electrons. The van der Waals surface area contributed by atoms with Gasteiger partial charge in [0.2, 0.25) is 5.91 Å². The number of amides is 1. The number of rotatable bonds is 7. The van der Waals surface area contributed by atoms with E-state index in [-0.39, 0.29) is 11.7 Å². The molecule has 3 aromatic rings. The van der Waals surface area contributed by atoms with E-state index in [4.69, 9.17) is 11.6 Å². The summed E-state index contributed by atoms with van der Waals surface area (Å²) in [5, 5.41) is 13.1. The van der Waals surface area contributed by atoms with E-state index in [0.29, 0.717) is 5.02 Å². The first kappa shape index (κ1) is 20.4. The van der Waals surface area contributed by atoms with Gasteiger partial charge in [0.05, 0.1) is 5.75 Å². The lowest BCUT2D eigenvalue weighted by Gasteiger charge is -2.11. The standard InChI is InChI=1S/C21H23ClN4OS/c1-4-12-26-20(16-8-10-17(22)11-9-16)24-25-21(26)28-13-19(27)23-18-7-5-6-14(2)15(18)3/h5-11H,4,12-13H2,1-3H3,(H,23,27). The first-order valence-corrected chi connectivity index (χ1v) is 10.5. The summed E-state index contributed by atoms with van der Waals surface area (Å²) in [6.07, 6.45) is 0.945. The molecule has 2 aromatic carbocycles. The molecule has 1 heterocycles. The number of anilines is 1. The largest absolute Gasteiger partial charge is 0.325 e. The maximum Gasteiger partial charge on any atom is 0.234 e. The Kier molecular flexibility index (Phi) is 6.75. The molecule has 1 N–H and O–H groups in total. The molecule has 7 heteroatoms. The van der Waals surface area contributed by atoms with Crippen molar-refractivity contribution < 1.29 is 4.79 Å². The molecule has 0 aliphatic rings. The molecule has 0 unspecified atom stereocenters. The molecule has 0 aliphatic carbocycles. The topological polar surface area (TPSA) is 59.8 Å². The van der Waals surface area contributed by atoms with E-state index in [2.05, 4.69) is 27.0 Å². The van der Waals surface area contributed by atoms with Gasteiger partial charge in [0.1, 0.15) is 0 Å². The first-order chi connectivity index (χ1) is 13.5. The van der Waals surface area contributed by atoms with Crippen molar-refractivity contribution in [3.63, 3.8) is 0 Å². The molecule has 5 nitrogen and oxygen atoms in total. The summed E-state index contributed by atoms with van der Waals surface area (Å²) in [7, 11) is 0. The van der Waals surface area contributed by atoms with Crippen molar-refractivity contribution in [2.75, 3.05) is 11.1 Å². The van der Waals surface area contributed by atoms with Crippen LogP contribution in [0.5, 0.6) is 0 Å². The fourth-order valence-corrected chi connectivity index (χ4v) is 3.73. The molecular weight excluding hydrogens is 392 g/mol. The van der Waals surface area contributed by atoms with Crippen molar-refractivity contribution in [2.24, 2.45) is 0 Å². The number of carbonyl (C=O) groups is 1. The van der Waals surface area contributed by atoms with Gasteiger partial charge in [-0.3, -0.25) is 4.79 Å². The molecule has 1 amide bonds. The predicted octanol–water partition coefficient (Wildman–Crippen LogP) is 5.36. The summed E-state index contributed by atoms with van der Waals surface area (Å²) in [6, 6.07) is 13.4. The zero-order chi connectivity index (χ0) is 20.1. The van der Waals surface area contributed by atoms with Gasteiger partial charge in [0, 0.05) is 22.8 Å². The third-order valence-corrected chi connectivity index (χ3v) is 5.70. The summed E-state index contributed by atoms with van der Waals surface area (Å²) in [4.78, 5) is 12.4. The van der Waals surface area contributed by atoms with Crippen LogP contribution in [0, 0.1) is 13.8 Å². The second-order valence-corrected chi connectivity index (χ2v) is 7.93. The minimum absolute atomic E-state index is 0.0576. The minimum atomic E-state index is -0.0576. The van der Waals surface area contributed by atoms with Crippen molar-refractivity contribution in [2.45, 2.75) is 38.9 Å². The van der Waals surface area contributed by atoms with Gasteiger partial charge < -0.3 is 9.88 Å². The molecule has 0 saturated heterocycles. The summed E-state index contributed by atoms with van der Waals surface area (Å²) >= 11 is 7.38. The lowest BCUT2D eigenvalue weighted by molar-refractivity contribution is -0.113. The number of hydrogen-bond donors (Lipinski definition) is 1. The molecule has 0 atom stereocenters. The normalized spacial score (nSPS) is 10.9. The highest BCUT2D eigenvalue weighted by atomic mass is 35.5. The molecule has 0 radical (unpaired) electrons. The lowest BCUT2D eigenvalue weighted by atomic mass is 10.1. The van der Waals surface area contributed by atoms with Crippen LogP contribution in [0.25, 0.3) is 11.4 Å². The zero-order valence-electron chi connectivity index (χ0n) is 16.2. The maximum atomic E-state index is 12.4. The molecular formula is C21H23ClN4OS. The summed E-state index contributed by atoms with van der Waals surface area (Å²) < 4.78 is 2.05. The molecule has 0 aliphatic heterocycles. The van der Waals surface area contributed by atoms with Crippen LogP contribution in [0.3, 0.4) is 0 Å². The number of halogens is 1. The third kappa shape index (κ3) is 4.75. The van der Waals surface area contributed by atoms with Gasteiger partial charge in [-0.15, -0.1) is 10.2 Å². The molecule has 0 saturated carbocycles. The minimum Gasteiger partial charge on any atom is -0.325 e. The quantitative estimate of drug-likeness (QED) is 0.529. The van der Waals surface area contributed by atoms with Crippen molar-refractivity contribution in [1.29, 1.82) is 0 Å². The van der Waals surface area contributed by atoms with Gasteiger partial charge >= 0.3 is 0 Å². The van der Waals surface area contributed by atoms with Crippen LogP contribution < -0.4 is 5.32 Å². The van der Waals surface area contributed by atoms with Crippen LogP contribution in [-0.4, -0.2) is 26.4 Å². The number of nitrogens with one attached hydrogen (secondary N) is 1. The number of aryl methyl sites for hydroxylation is 1. The van der Waals surface area contributed by atoms with E-state index in [0.717, 1.165) is 46.3 Å². The number of thioether (sulfide) groups is 1. The smallest absolute Gasteiger partial charge is 0.234 e. The number of carbonyl (C=O) groups excluding carboxylic acids is 1. The molecule has 3 rings (SSSR count). The third-order valence-electron chi connectivity index (χ3n) is 4.48. The Morgan fingerprint density at radius 3 is 2.61 bits per heavy atom. The molecule has 28 heavy (non-hydrogen) atoms. The average molecular weight is 415 g/mol. The monoisotopic (exact) mass is 414 g/mol. The van der Waals surface area contributed by atoms with E-state index in [1.807, 2.05) is 56.3 Å². The van der Waals surface area contributed by atoms with Crippen LogP contribution >= 0.6 is 23.4 Å². The Hall–Kier alpha value is -2.31. The van der Waals surface area contributed by atoms with Crippen molar-refractivity contribution in [3.8, 4) is 11.4 Å². The Morgan fingerprint density at radius 2 is 1.89 bits per heavy atom. The van der Waals surface area contributed by atoms with Gasteiger partial charge in [-0.2, -0.15) is 0 Å². The van der Waals surface area contributed by atoms with Crippen molar-refractivity contribution >= 4 is 35.0 Å². The summed E-state index contributed by atoms with van der Waals surface area (Å²) in [5.74, 6) is 1.00. The average Bonchev–Trinajstić information content (AvgIpc) is 3.07. The van der Waals surface area contributed by atoms with E-state index < -0.39 is 0 Å². The number of hydrogen-bond acceptors (Lipinski definition) is 4. The van der Waals surface area contributed by atoms with E-state index in [1.54, 1.807) is 0 Å². The van der Waals surface area contributed by atoms with E-state index in [1.165, 1.54) is 11.8 Å². The van der Waals surface area contributed by atoms with Crippen LogP contribution in [0.2, 0.25) is 5.02 Å². The Bertz CT molecular complexity index is 969. The Balaban J connectivity index is 1.72. The molecule has 0 fully saturated rings. The second kappa shape index (κ2) is 9.26. The number of nitrogens with zero attached hydrogens (tertiary/aromatic N) is 3. The summed E-state index contributed by atoms with van der Waals surface area (Å²) in [6.45, 7) is 6.93. The summed E-state index contributed by atoms with van der Waals surface area (Å²) in [5.41, 5.74) is 4.04. The molecule has 0 bridgehead atoms. The molecule has 1 aromatic heterocycles. The van der Waals surface area contributed by atoms with Gasteiger partial charge in [0.25, 0.3) is 0 Å². The SMILES string of the molecule is CCCn1c(SCC(=O)Nc2cccc(C)c2C)nnc1-c1ccc(Cl)cc1. The molecule has 0 spiro atoms. The van der Waals surface area contributed by atoms with Gasteiger partial charge in [-0.25, -0.2) is 0 Å². The maximum absolute atomic E-state index is 12.4. The predicted molar refractivity (Wildman–Crippen MR) is 116 cm³/mol. The van der Waals surface area contributed by atoms with Crippen LogP contribution in [0.1, 0.15) is 24.5 Å². The van der Waals surface area contributed by atoms with Crippen molar-refractivity contribution in [1.82, 2.24) is 14.8 Å². The van der Waals surface area contributed by atoms with Gasteiger partial charge in [-0.05, 0) is 61.7 Å². The Labute approximate surface area is 174 Å². The fraction of sp³-hybridized carbons (Fsp3) is 0.286. The van der Waals surface area contributed by atoms with Crippen LogP contribution in [0.4, 0.5) is 5.69 Å². The van der Waals surface area contributed by atoms with Crippen LogP contribution in [0.15, 0.2) is 47.6 Å². The van der Waals surface area contributed by atoms with Gasteiger partial charge in [0.15, 0.2) is 11.0 Å². The zero-order valence-corrected chi connectivity index (χ0v) is 17.8. The highest BCUT2D eigenvalue weighted by Gasteiger charge is 2.15. The second-order valence-electron chi connectivity index (χ2n) is 6.55. The van der Waals surface area contributed by atoms with Crippen LogP contribution in [-0.2, 0) is 11.3 Å². The Morgan fingerprint density at radius 1 is 1.14 bits per heavy atom. The number of aromatic nitrogens is 3. The van der Waals surface area contributed by atoms with E-state index in [9.17, 15) is 4.79 Å². The highest BCUT2D eigenvalue weighted by molar-refractivity contribution is 7.99. The first-order valence-electron chi connectivity index (χ1n) is 9.17. The van der Waals surface area contributed by atoms with Gasteiger partial charge in [-0.1, -0.05) is 42.4 Å². The highest BCUT2D eigenvalue weighted by Crippen LogP contribution is 2.26. The number of benzene rings is 2. The lowest BCUT2D eigenvalue weighted by Crippen LogP contribution is -2.15. The fourth-order valence-electron chi connectivity index (χ4n) is 2.84.